The van der Waals surface area contributed by atoms with E-state index in [1.165, 1.54) is 6.07 Å². The Morgan fingerprint density at radius 2 is 2.00 bits per heavy atom. The van der Waals surface area contributed by atoms with Crippen molar-refractivity contribution >= 4 is 5.69 Å². The molecule has 1 aromatic carbocycles. The van der Waals surface area contributed by atoms with Gasteiger partial charge in [-0.15, -0.1) is 0 Å². The summed E-state index contributed by atoms with van der Waals surface area (Å²) in [6.45, 7) is 6.75. The summed E-state index contributed by atoms with van der Waals surface area (Å²) in [4.78, 5) is 1.93. The van der Waals surface area contributed by atoms with E-state index in [-0.39, 0.29) is 5.82 Å². The fraction of sp³-hybridized carbons (Fsp3) is 0.571. The Bertz CT molecular complexity index is 365. The molecule has 0 radical (unpaired) electrons. The number of halogens is 1. The fourth-order valence-corrected chi connectivity index (χ4v) is 1.79. The van der Waals surface area contributed by atoms with Crippen LogP contribution in [0.15, 0.2) is 18.2 Å². The average molecular weight is 239 g/mol. The molecule has 17 heavy (non-hydrogen) atoms. The molecule has 2 atom stereocenters. The van der Waals surface area contributed by atoms with Gasteiger partial charge in [0, 0.05) is 13.6 Å². The molecule has 0 amide bonds. The van der Waals surface area contributed by atoms with Crippen LogP contribution in [-0.2, 0) is 0 Å². The van der Waals surface area contributed by atoms with Gasteiger partial charge in [-0.05, 0) is 30.5 Å². The highest BCUT2D eigenvalue weighted by molar-refractivity contribution is 5.48. The van der Waals surface area contributed by atoms with Crippen molar-refractivity contribution in [3.05, 3.63) is 29.6 Å². The highest BCUT2D eigenvalue weighted by atomic mass is 19.1. The Hall–Kier alpha value is -1.09. The number of aliphatic hydroxyl groups is 1. The topological polar surface area (TPSA) is 23.5 Å². The third kappa shape index (κ3) is 3.70. The van der Waals surface area contributed by atoms with Crippen LogP contribution in [0, 0.1) is 11.7 Å². The van der Waals surface area contributed by atoms with Crippen molar-refractivity contribution in [2.24, 2.45) is 5.92 Å². The van der Waals surface area contributed by atoms with E-state index in [1.807, 2.05) is 11.9 Å². The Kier molecular flexibility index (Phi) is 4.94. The summed E-state index contributed by atoms with van der Waals surface area (Å²) in [5, 5.41) is 9.38. The normalized spacial score (nSPS) is 14.5. The molecule has 1 aromatic rings. The number of benzene rings is 1. The molecular formula is C14H22FNO. The number of nitrogens with zero attached hydrogens (tertiary/aromatic N) is 1. The number of anilines is 1. The zero-order valence-corrected chi connectivity index (χ0v) is 11.1. The van der Waals surface area contributed by atoms with Crippen LogP contribution >= 0.6 is 0 Å². The molecule has 3 heteroatoms. The largest absolute Gasteiger partial charge is 0.389 e. The standard InChI is InChI=1S/C14H22FNO/c1-5-10(2)9-16(4)14-7-6-12(11(3)17)8-13(14)15/h6-8,10-11,17H,5,9H2,1-4H3/t10?,11-/m1/s1. The first kappa shape index (κ1) is 14.0. The van der Waals surface area contributed by atoms with Crippen LogP contribution in [0.5, 0.6) is 0 Å². The van der Waals surface area contributed by atoms with E-state index < -0.39 is 6.10 Å². The van der Waals surface area contributed by atoms with Gasteiger partial charge < -0.3 is 10.0 Å². The van der Waals surface area contributed by atoms with E-state index in [0.29, 0.717) is 17.2 Å². The first-order valence-corrected chi connectivity index (χ1v) is 6.14. The molecule has 2 nitrogen and oxygen atoms in total. The van der Waals surface area contributed by atoms with Gasteiger partial charge in [-0.25, -0.2) is 4.39 Å². The third-order valence-corrected chi connectivity index (χ3v) is 3.15. The first-order chi connectivity index (χ1) is 7.95. The molecule has 0 aliphatic heterocycles. The minimum Gasteiger partial charge on any atom is -0.389 e. The van der Waals surface area contributed by atoms with Gasteiger partial charge in [-0.2, -0.15) is 0 Å². The molecule has 0 saturated carbocycles. The Labute approximate surface area is 103 Å². The van der Waals surface area contributed by atoms with Gasteiger partial charge in [0.2, 0.25) is 0 Å². The summed E-state index contributed by atoms with van der Waals surface area (Å²) in [7, 11) is 1.90. The van der Waals surface area contributed by atoms with E-state index >= 15 is 0 Å². The highest BCUT2D eigenvalue weighted by Gasteiger charge is 2.12. The highest BCUT2D eigenvalue weighted by Crippen LogP contribution is 2.23. The predicted octanol–water partition coefficient (Wildman–Crippen LogP) is 3.36. The van der Waals surface area contributed by atoms with Crippen molar-refractivity contribution in [2.75, 3.05) is 18.5 Å². The van der Waals surface area contributed by atoms with Crippen LogP contribution in [0.1, 0.15) is 38.9 Å². The number of hydrogen-bond acceptors (Lipinski definition) is 2. The van der Waals surface area contributed by atoms with E-state index in [1.54, 1.807) is 19.1 Å². The van der Waals surface area contributed by atoms with E-state index in [0.717, 1.165) is 13.0 Å². The molecule has 0 heterocycles. The van der Waals surface area contributed by atoms with Crippen LogP contribution < -0.4 is 4.90 Å². The predicted molar refractivity (Wildman–Crippen MR) is 69.8 cm³/mol. The Balaban J connectivity index is 2.84. The summed E-state index contributed by atoms with van der Waals surface area (Å²) < 4.78 is 13.9. The van der Waals surface area contributed by atoms with Crippen LogP contribution in [0.25, 0.3) is 0 Å². The zero-order valence-electron chi connectivity index (χ0n) is 11.1. The van der Waals surface area contributed by atoms with Crippen molar-refractivity contribution in [2.45, 2.75) is 33.3 Å². The van der Waals surface area contributed by atoms with Gasteiger partial charge in [0.1, 0.15) is 5.82 Å². The van der Waals surface area contributed by atoms with Crippen LogP contribution in [0.3, 0.4) is 0 Å². The fourth-order valence-electron chi connectivity index (χ4n) is 1.79. The van der Waals surface area contributed by atoms with Crippen molar-refractivity contribution < 1.29 is 9.50 Å². The van der Waals surface area contributed by atoms with Gasteiger partial charge in [0.05, 0.1) is 11.8 Å². The van der Waals surface area contributed by atoms with Gasteiger partial charge in [-0.1, -0.05) is 26.3 Å². The van der Waals surface area contributed by atoms with Gasteiger partial charge >= 0.3 is 0 Å². The lowest BCUT2D eigenvalue weighted by molar-refractivity contribution is 0.199. The monoisotopic (exact) mass is 239 g/mol. The van der Waals surface area contributed by atoms with Crippen molar-refractivity contribution in [1.82, 2.24) is 0 Å². The maximum absolute atomic E-state index is 13.9. The Morgan fingerprint density at radius 3 is 2.47 bits per heavy atom. The summed E-state index contributed by atoms with van der Waals surface area (Å²) >= 11 is 0. The second-order valence-electron chi connectivity index (χ2n) is 4.78. The van der Waals surface area contributed by atoms with Crippen molar-refractivity contribution in [1.29, 1.82) is 0 Å². The zero-order chi connectivity index (χ0) is 13.0. The second kappa shape index (κ2) is 6.01. The molecule has 0 aliphatic rings. The molecule has 0 spiro atoms. The second-order valence-corrected chi connectivity index (χ2v) is 4.78. The average Bonchev–Trinajstić information content (AvgIpc) is 2.28. The molecule has 1 N–H and O–H groups in total. The van der Waals surface area contributed by atoms with E-state index in [9.17, 15) is 9.50 Å². The minimum atomic E-state index is -0.626. The molecular weight excluding hydrogens is 217 g/mol. The lowest BCUT2D eigenvalue weighted by Crippen LogP contribution is -2.24. The third-order valence-electron chi connectivity index (χ3n) is 3.15. The van der Waals surface area contributed by atoms with Gasteiger partial charge in [0.25, 0.3) is 0 Å². The molecule has 0 aliphatic carbocycles. The molecule has 0 saturated heterocycles. The van der Waals surface area contributed by atoms with Crippen LogP contribution in [-0.4, -0.2) is 18.7 Å². The maximum atomic E-state index is 13.9. The molecule has 1 unspecified atom stereocenters. The Morgan fingerprint density at radius 1 is 1.35 bits per heavy atom. The van der Waals surface area contributed by atoms with Gasteiger partial charge in [0.15, 0.2) is 0 Å². The number of aliphatic hydroxyl groups excluding tert-OH is 1. The minimum absolute atomic E-state index is 0.269. The smallest absolute Gasteiger partial charge is 0.146 e. The summed E-state index contributed by atoms with van der Waals surface area (Å²) in [6.07, 6.45) is 0.455. The quantitative estimate of drug-likeness (QED) is 0.851. The summed E-state index contributed by atoms with van der Waals surface area (Å²) in [5.41, 5.74) is 1.21. The SMILES string of the molecule is CCC(C)CN(C)c1ccc([C@@H](C)O)cc1F. The molecule has 1 rings (SSSR count). The summed E-state index contributed by atoms with van der Waals surface area (Å²) in [5.74, 6) is 0.269. The number of hydrogen-bond donors (Lipinski definition) is 1. The maximum Gasteiger partial charge on any atom is 0.146 e. The lowest BCUT2D eigenvalue weighted by Gasteiger charge is -2.23. The van der Waals surface area contributed by atoms with E-state index in [4.69, 9.17) is 0 Å². The van der Waals surface area contributed by atoms with E-state index in [2.05, 4.69) is 13.8 Å². The van der Waals surface area contributed by atoms with Crippen molar-refractivity contribution in [3.63, 3.8) is 0 Å². The van der Waals surface area contributed by atoms with Crippen molar-refractivity contribution in [3.8, 4) is 0 Å². The molecule has 0 bridgehead atoms. The van der Waals surface area contributed by atoms with Crippen LogP contribution in [0.4, 0.5) is 10.1 Å². The summed E-state index contributed by atoms with van der Waals surface area (Å²) in [6, 6.07) is 4.92. The van der Waals surface area contributed by atoms with Gasteiger partial charge in [-0.3, -0.25) is 0 Å². The van der Waals surface area contributed by atoms with Crippen LogP contribution in [0.2, 0.25) is 0 Å². The number of rotatable bonds is 5. The first-order valence-electron chi connectivity index (χ1n) is 6.14. The lowest BCUT2D eigenvalue weighted by atomic mass is 10.1. The molecule has 0 aromatic heterocycles. The molecule has 0 fully saturated rings. The molecule has 96 valence electrons.